The van der Waals surface area contributed by atoms with Crippen molar-refractivity contribution in [3.63, 3.8) is 0 Å². The molecule has 0 aromatic heterocycles. The van der Waals surface area contributed by atoms with Crippen LogP contribution in [0.15, 0.2) is 4.99 Å². The van der Waals surface area contributed by atoms with Gasteiger partial charge in [0.05, 0.1) is 5.75 Å². The van der Waals surface area contributed by atoms with Gasteiger partial charge in [0.2, 0.25) is 0 Å². The molecule has 1 heterocycles. The van der Waals surface area contributed by atoms with E-state index in [-0.39, 0.29) is 29.7 Å². The summed E-state index contributed by atoms with van der Waals surface area (Å²) in [6, 6.07) is 0. The molecule has 1 aliphatic rings. The van der Waals surface area contributed by atoms with E-state index in [0.29, 0.717) is 24.1 Å². The van der Waals surface area contributed by atoms with Crippen LogP contribution in [-0.4, -0.2) is 69.0 Å². The van der Waals surface area contributed by atoms with Crippen LogP contribution in [0.2, 0.25) is 0 Å². The maximum absolute atomic E-state index is 11.1. The van der Waals surface area contributed by atoms with E-state index in [2.05, 4.69) is 29.1 Å². The number of hydrogen-bond acceptors (Lipinski definition) is 4. The van der Waals surface area contributed by atoms with E-state index in [4.69, 9.17) is 0 Å². The maximum Gasteiger partial charge on any atom is 0.193 e. The highest BCUT2D eigenvalue weighted by atomic mass is 127. The molecule has 5 nitrogen and oxygen atoms in total. The Morgan fingerprint density at radius 1 is 1.48 bits per heavy atom. The van der Waals surface area contributed by atoms with Gasteiger partial charge in [0.1, 0.15) is 9.84 Å². The second-order valence-electron chi connectivity index (χ2n) is 5.56. The Morgan fingerprint density at radius 2 is 2.14 bits per heavy atom. The van der Waals surface area contributed by atoms with E-state index in [0.717, 1.165) is 24.8 Å². The first-order valence-corrected chi connectivity index (χ1v) is 10.2. The molecule has 0 radical (unpaired) electrons. The zero-order valence-corrected chi connectivity index (χ0v) is 17.3. The van der Waals surface area contributed by atoms with Crippen LogP contribution < -0.4 is 5.32 Å². The van der Waals surface area contributed by atoms with Crippen LogP contribution in [0.5, 0.6) is 0 Å². The highest BCUT2D eigenvalue weighted by molar-refractivity contribution is 14.0. The molecule has 0 aromatic rings. The summed E-state index contributed by atoms with van der Waals surface area (Å²) in [6.45, 7) is 7.16. The summed E-state index contributed by atoms with van der Waals surface area (Å²) in [6.07, 6.45) is 1.89. The lowest BCUT2D eigenvalue weighted by atomic mass is 10.1. The van der Waals surface area contributed by atoms with Gasteiger partial charge in [-0.25, -0.2) is 8.42 Å². The Morgan fingerprint density at radius 3 is 2.67 bits per heavy atom. The lowest BCUT2D eigenvalue weighted by Gasteiger charge is -2.36. The van der Waals surface area contributed by atoms with E-state index in [1.165, 1.54) is 6.26 Å². The lowest BCUT2D eigenvalue weighted by Crippen LogP contribution is -2.49. The summed E-state index contributed by atoms with van der Waals surface area (Å²) in [5, 5.41) is 3.91. The summed E-state index contributed by atoms with van der Waals surface area (Å²) in [5.41, 5.74) is 0. The summed E-state index contributed by atoms with van der Waals surface area (Å²) in [7, 11) is -1.09. The number of halogens is 1. The van der Waals surface area contributed by atoms with Gasteiger partial charge in [-0.3, -0.25) is 4.99 Å². The Hall–Kier alpha value is 0.300. The number of nitrogens with one attached hydrogen (secondary N) is 1. The normalized spacial score (nSPS) is 20.3. The van der Waals surface area contributed by atoms with Crippen LogP contribution in [-0.2, 0) is 9.84 Å². The van der Waals surface area contributed by atoms with Crippen molar-refractivity contribution in [1.82, 2.24) is 10.2 Å². The van der Waals surface area contributed by atoms with E-state index >= 15 is 0 Å². The summed E-state index contributed by atoms with van der Waals surface area (Å²) in [4.78, 5) is 6.59. The number of guanidine groups is 1. The second-order valence-corrected chi connectivity index (χ2v) is 9.16. The molecule has 1 N–H and O–H groups in total. The minimum Gasteiger partial charge on any atom is -0.356 e. The first-order chi connectivity index (χ1) is 9.33. The fraction of sp³-hybridized carbons (Fsp3) is 0.923. The average molecular weight is 449 g/mol. The van der Waals surface area contributed by atoms with Crippen molar-refractivity contribution in [2.24, 2.45) is 10.9 Å². The van der Waals surface area contributed by atoms with Crippen molar-refractivity contribution in [3.8, 4) is 0 Å². The fourth-order valence-corrected chi connectivity index (χ4v) is 4.11. The highest BCUT2D eigenvalue weighted by Crippen LogP contribution is 2.24. The summed E-state index contributed by atoms with van der Waals surface area (Å²) >= 11 is 2.03. The summed E-state index contributed by atoms with van der Waals surface area (Å²) in [5.74, 6) is 2.89. The molecule has 1 atom stereocenters. The van der Waals surface area contributed by atoms with E-state index in [1.807, 2.05) is 11.8 Å². The number of rotatable bonds is 5. The quantitative estimate of drug-likeness (QED) is 0.300. The Labute approximate surface area is 150 Å². The molecule has 0 saturated carbocycles. The van der Waals surface area contributed by atoms with Gasteiger partial charge in [-0.15, -0.1) is 24.0 Å². The summed E-state index contributed by atoms with van der Waals surface area (Å²) < 4.78 is 22.2. The van der Waals surface area contributed by atoms with Crippen LogP contribution in [0.3, 0.4) is 0 Å². The Kier molecular flexibility index (Phi) is 10.3. The van der Waals surface area contributed by atoms with E-state index in [9.17, 15) is 8.42 Å². The molecule has 8 heteroatoms. The SMILES string of the molecule is CN=C(NCCCS(C)(=O)=O)N1CCSC(C(C)C)C1.I. The van der Waals surface area contributed by atoms with Crippen molar-refractivity contribution in [1.29, 1.82) is 0 Å². The van der Waals surface area contributed by atoms with Crippen LogP contribution in [0.4, 0.5) is 0 Å². The molecule has 0 bridgehead atoms. The minimum absolute atomic E-state index is 0. The van der Waals surface area contributed by atoms with Crippen LogP contribution >= 0.6 is 35.7 Å². The molecule has 21 heavy (non-hydrogen) atoms. The molecular weight excluding hydrogens is 421 g/mol. The standard InChI is InChI=1S/C13H27N3O2S2.HI/c1-11(2)12-10-16(7-8-19-12)13(14-3)15-6-5-9-20(4,17)18;/h11-12H,5-10H2,1-4H3,(H,14,15);1H. The monoisotopic (exact) mass is 449 g/mol. The molecule has 0 spiro atoms. The number of hydrogen-bond donors (Lipinski definition) is 1. The van der Waals surface area contributed by atoms with Gasteiger partial charge in [-0.1, -0.05) is 13.8 Å². The Bertz CT molecular complexity index is 427. The van der Waals surface area contributed by atoms with Gasteiger partial charge in [0.25, 0.3) is 0 Å². The molecule has 1 aliphatic heterocycles. The topological polar surface area (TPSA) is 61.8 Å². The highest BCUT2D eigenvalue weighted by Gasteiger charge is 2.24. The van der Waals surface area contributed by atoms with Gasteiger partial charge in [0, 0.05) is 43.9 Å². The Balaban J connectivity index is 0.00000400. The predicted octanol–water partition coefficient (Wildman–Crippen LogP) is 1.69. The zero-order chi connectivity index (χ0) is 15.2. The van der Waals surface area contributed by atoms with Gasteiger partial charge < -0.3 is 10.2 Å². The largest absolute Gasteiger partial charge is 0.356 e. The third-order valence-electron chi connectivity index (χ3n) is 3.32. The third kappa shape index (κ3) is 8.49. The van der Waals surface area contributed by atoms with Crippen molar-refractivity contribution in [2.75, 3.05) is 44.4 Å². The van der Waals surface area contributed by atoms with Crippen molar-refractivity contribution < 1.29 is 8.42 Å². The molecule has 1 saturated heterocycles. The molecule has 1 fully saturated rings. The van der Waals surface area contributed by atoms with Crippen molar-refractivity contribution in [2.45, 2.75) is 25.5 Å². The van der Waals surface area contributed by atoms with E-state index < -0.39 is 9.84 Å². The van der Waals surface area contributed by atoms with Gasteiger partial charge in [-0.2, -0.15) is 11.8 Å². The number of sulfone groups is 1. The second kappa shape index (κ2) is 10.1. The third-order valence-corrected chi connectivity index (χ3v) is 5.89. The fourth-order valence-electron chi connectivity index (χ4n) is 2.14. The van der Waals surface area contributed by atoms with Gasteiger partial charge in [-0.05, 0) is 12.3 Å². The minimum atomic E-state index is -2.87. The zero-order valence-electron chi connectivity index (χ0n) is 13.3. The first-order valence-electron chi connectivity index (χ1n) is 7.08. The number of nitrogens with zero attached hydrogens (tertiary/aromatic N) is 2. The lowest BCUT2D eigenvalue weighted by molar-refractivity contribution is 0.381. The molecular formula is C13H28IN3O2S2. The van der Waals surface area contributed by atoms with Crippen LogP contribution in [0.25, 0.3) is 0 Å². The smallest absolute Gasteiger partial charge is 0.193 e. The molecule has 0 amide bonds. The van der Waals surface area contributed by atoms with E-state index in [1.54, 1.807) is 7.05 Å². The maximum atomic E-state index is 11.1. The predicted molar refractivity (Wildman–Crippen MR) is 104 cm³/mol. The molecule has 0 aliphatic carbocycles. The first kappa shape index (κ1) is 21.3. The van der Waals surface area contributed by atoms with Crippen molar-refractivity contribution >= 4 is 51.5 Å². The molecule has 1 unspecified atom stereocenters. The van der Waals surface area contributed by atoms with Crippen molar-refractivity contribution in [3.05, 3.63) is 0 Å². The van der Waals surface area contributed by atoms with Gasteiger partial charge in [0.15, 0.2) is 5.96 Å². The number of thioether (sulfide) groups is 1. The molecule has 0 aromatic carbocycles. The van der Waals surface area contributed by atoms with Crippen LogP contribution in [0.1, 0.15) is 20.3 Å². The number of aliphatic imine (C=N–C) groups is 1. The molecule has 126 valence electrons. The average Bonchev–Trinajstić information content (AvgIpc) is 2.37. The van der Waals surface area contributed by atoms with Gasteiger partial charge >= 0.3 is 0 Å². The molecule has 1 rings (SSSR count). The van der Waals surface area contributed by atoms with Crippen LogP contribution in [0, 0.1) is 5.92 Å².